The number of aromatic hydroxyl groups is 1. The molecule has 1 fully saturated rings. The van der Waals surface area contributed by atoms with E-state index >= 15 is 0 Å². The molecule has 0 heterocycles. The van der Waals surface area contributed by atoms with Crippen molar-refractivity contribution in [2.45, 2.75) is 25.7 Å². The third-order valence-corrected chi connectivity index (χ3v) is 2.76. The Hall–Kier alpha value is -0.980. The highest BCUT2D eigenvalue weighted by atomic mass is 16.3. The summed E-state index contributed by atoms with van der Waals surface area (Å²) in [5.41, 5.74) is 1.11. The zero-order chi connectivity index (χ0) is 8.55. The molecule has 2 rings (SSSR count). The molecule has 1 atom stereocenters. The molecule has 0 bridgehead atoms. The van der Waals surface area contributed by atoms with Crippen LogP contribution in [0.2, 0.25) is 0 Å². The Bertz CT molecular complexity index is 276. The van der Waals surface area contributed by atoms with Gasteiger partial charge in [0.1, 0.15) is 5.75 Å². The highest BCUT2D eigenvalue weighted by molar-refractivity contribution is 5.35. The summed E-state index contributed by atoms with van der Waals surface area (Å²) in [6, 6.07) is 7.67. The minimum atomic E-state index is 0.455. The lowest BCUT2D eigenvalue weighted by Gasteiger charge is -2.11. The summed E-state index contributed by atoms with van der Waals surface area (Å²) < 4.78 is 0. The Morgan fingerprint density at radius 2 is 2.00 bits per heavy atom. The lowest BCUT2D eigenvalue weighted by atomic mass is 9.96. The quantitative estimate of drug-likeness (QED) is 0.709. The van der Waals surface area contributed by atoms with Gasteiger partial charge in [0, 0.05) is 0 Å². The van der Waals surface area contributed by atoms with E-state index in [4.69, 9.17) is 0 Å². The van der Waals surface area contributed by atoms with Gasteiger partial charge in [-0.15, -0.1) is 0 Å². The van der Waals surface area contributed by atoms with Gasteiger partial charge in [-0.25, -0.2) is 0 Å². The van der Waals surface area contributed by atoms with Crippen LogP contribution in [0.25, 0.3) is 0 Å². The van der Waals surface area contributed by atoms with Crippen molar-refractivity contribution in [2.75, 3.05) is 0 Å². The number of benzene rings is 1. The molecule has 1 aliphatic rings. The third kappa shape index (κ3) is 1.31. The van der Waals surface area contributed by atoms with Gasteiger partial charge >= 0.3 is 0 Å². The first-order valence-corrected chi connectivity index (χ1v) is 4.57. The number of para-hydroxylation sites is 1. The van der Waals surface area contributed by atoms with E-state index in [-0.39, 0.29) is 0 Å². The van der Waals surface area contributed by atoms with E-state index in [9.17, 15) is 5.11 Å². The molecule has 0 saturated heterocycles. The topological polar surface area (TPSA) is 20.2 Å². The standard InChI is InChI=1S/C11H14O/c1-8(9-6-7-9)10-4-2-3-5-11(10)12/h2-5,8-9,12H,6-7H2,1H3/t8-/m0/s1. The average Bonchev–Trinajstić information content (AvgIpc) is 2.86. The SMILES string of the molecule is C[C@H](c1ccccc1O)C1CC1. The van der Waals surface area contributed by atoms with Crippen molar-refractivity contribution in [3.63, 3.8) is 0 Å². The second-order valence-electron chi connectivity index (χ2n) is 3.68. The lowest BCUT2D eigenvalue weighted by Crippen LogP contribution is -1.95. The van der Waals surface area contributed by atoms with Crippen LogP contribution in [0.4, 0.5) is 0 Å². The Labute approximate surface area is 73.0 Å². The van der Waals surface area contributed by atoms with Crippen LogP contribution in [0, 0.1) is 5.92 Å². The molecule has 64 valence electrons. The molecule has 1 saturated carbocycles. The molecule has 1 heteroatoms. The van der Waals surface area contributed by atoms with Gasteiger partial charge in [-0.1, -0.05) is 25.1 Å². The van der Waals surface area contributed by atoms with Crippen molar-refractivity contribution in [1.82, 2.24) is 0 Å². The largest absolute Gasteiger partial charge is 0.508 e. The summed E-state index contributed by atoms with van der Waals surface area (Å²) in [4.78, 5) is 0. The molecule has 1 N–H and O–H groups in total. The number of rotatable bonds is 2. The second-order valence-corrected chi connectivity index (χ2v) is 3.68. The van der Waals surface area contributed by atoms with Gasteiger partial charge in [-0.3, -0.25) is 0 Å². The van der Waals surface area contributed by atoms with Gasteiger partial charge in [-0.2, -0.15) is 0 Å². The molecule has 1 aromatic rings. The maximum absolute atomic E-state index is 9.56. The second kappa shape index (κ2) is 2.81. The van der Waals surface area contributed by atoms with Crippen LogP contribution in [0.15, 0.2) is 24.3 Å². The van der Waals surface area contributed by atoms with Gasteiger partial charge < -0.3 is 5.11 Å². The minimum Gasteiger partial charge on any atom is -0.508 e. The van der Waals surface area contributed by atoms with Gasteiger partial charge in [0.05, 0.1) is 0 Å². The van der Waals surface area contributed by atoms with E-state index in [0.29, 0.717) is 11.7 Å². The predicted octanol–water partition coefficient (Wildman–Crippen LogP) is 2.91. The fourth-order valence-electron chi connectivity index (χ4n) is 1.72. The molecule has 12 heavy (non-hydrogen) atoms. The number of phenolic OH excluding ortho intramolecular Hbond substituents is 1. The van der Waals surface area contributed by atoms with Gasteiger partial charge in [0.2, 0.25) is 0 Å². The first kappa shape index (κ1) is 7.66. The zero-order valence-electron chi connectivity index (χ0n) is 7.33. The molecule has 0 amide bonds. The highest BCUT2D eigenvalue weighted by Crippen LogP contribution is 2.44. The first-order chi connectivity index (χ1) is 5.79. The summed E-state index contributed by atoms with van der Waals surface area (Å²) in [5, 5.41) is 9.56. The Balaban J connectivity index is 2.25. The maximum atomic E-state index is 9.56. The van der Waals surface area contributed by atoms with Crippen molar-refractivity contribution < 1.29 is 5.11 Å². The van der Waals surface area contributed by atoms with Crippen molar-refractivity contribution in [1.29, 1.82) is 0 Å². The van der Waals surface area contributed by atoms with Crippen LogP contribution < -0.4 is 0 Å². The first-order valence-electron chi connectivity index (χ1n) is 4.57. The molecule has 0 aliphatic heterocycles. The summed E-state index contributed by atoms with van der Waals surface area (Å²) in [6.45, 7) is 2.20. The van der Waals surface area contributed by atoms with E-state index in [2.05, 4.69) is 6.92 Å². The van der Waals surface area contributed by atoms with E-state index < -0.39 is 0 Å². The Morgan fingerprint density at radius 3 is 2.58 bits per heavy atom. The van der Waals surface area contributed by atoms with Crippen molar-refractivity contribution in [3.8, 4) is 5.75 Å². The summed E-state index contributed by atoms with van der Waals surface area (Å²) in [6.07, 6.45) is 2.66. The number of hydrogen-bond acceptors (Lipinski definition) is 1. The number of hydrogen-bond donors (Lipinski definition) is 1. The molecule has 1 aromatic carbocycles. The average molecular weight is 162 g/mol. The number of phenols is 1. The third-order valence-electron chi connectivity index (χ3n) is 2.76. The fourth-order valence-corrected chi connectivity index (χ4v) is 1.72. The van der Waals surface area contributed by atoms with Gasteiger partial charge in [-0.05, 0) is 36.3 Å². The van der Waals surface area contributed by atoms with Crippen molar-refractivity contribution in [3.05, 3.63) is 29.8 Å². The minimum absolute atomic E-state index is 0.455. The molecular weight excluding hydrogens is 148 g/mol. The normalized spacial score (nSPS) is 19.1. The van der Waals surface area contributed by atoms with Crippen LogP contribution in [0.5, 0.6) is 5.75 Å². The molecule has 0 aromatic heterocycles. The van der Waals surface area contributed by atoms with Gasteiger partial charge in [0.15, 0.2) is 0 Å². The fraction of sp³-hybridized carbons (Fsp3) is 0.455. The zero-order valence-corrected chi connectivity index (χ0v) is 7.33. The van der Waals surface area contributed by atoms with Crippen LogP contribution in [-0.4, -0.2) is 5.11 Å². The van der Waals surface area contributed by atoms with Gasteiger partial charge in [0.25, 0.3) is 0 Å². The Morgan fingerprint density at radius 1 is 1.33 bits per heavy atom. The monoisotopic (exact) mass is 162 g/mol. The molecular formula is C11H14O. The van der Waals surface area contributed by atoms with Crippen molar-refractivity contribution in [2.24, 2.45) is 5.92 Å². The van der Waals surface area contributed by atoms with Crippen LogP contribution in [-0.2, 0) is 0 Å². The molecule has 0 unspecified atom stereocenters. The predicted molar refractivity (Wildman–Crippen MR) is 49.2 cm³/mol. The Kier molecular flexibility index (Phi) is 1.80. The van der Waals surface area contributed by atoms with Crippen molar-refractivity contribution >= 4 is 0 Å². The summed E-state index contributed by atoms with van der Waals surface area (Å²) in [5.74, 6) is 1.81. The molecule has 0 spiro atoms. The summed E-state index contributed by atoms with van der Waals surface area (Å²) in [7, 11) is 0. The molecule has 1 nitrogen and oxygen atoms in total. The molecule has 1 aliphatic carbocycles. The molecule has 0 radical (unpaired) electrons. The van der Waals surface area contributed by atoms with E-state index in [1.807, 2.05) is 18.2 Å². The van der Waals surface area contributed by atoms with Crippen LogP contribution >= 0.6 is 0 Å². The lowest BCUT2D eigenvalue weighted by molar-refractivity contribution is 0.458. The van der Waals surface area contributed by atoms with Crippen LogP contribution in [0.3, 0.4) is 0 Å². The maximum Gasteiger partial charge on any atom is 0.119 e. The highest BCUT2D eigenvalue weighted by Gasteiger charge is 2.29. The van der Waals surface area contributed by atoms with Crippen LogP contribution in [0.1, 0.15) is 31.2 Å². The summed E-state index contributed by atoms with van der Waals surface area (Å²) >= 11 is 0. The van der Waals surface area contributed by atoms with E-state index in [0.717, 1.165) is 11.5 Å². The smallest absolute Gasteiger partial charge is 0.119 e. The van der Waals surface area contributed by atoms with E-state index in [1.165, 1.54) is 12.8 Å². The van der Waals surface area contributed by atoms with E-state index in [1.54, 1.807) is 6.07 Å².